The lowest BCUT2D eigenvalue weighted by molar-refractivity contribution is -0.136. The van der Waals surface area contributed by atoms with E-state index in [0.717, 1.165) is 31.9 Å². The van der Waals surface area contributed by atoms with Crippen LogP contribution in [-0.4, -0.2) is 52.0 Å². The van der Waals surface area contributed by atoms with Crippen LogP contribution in [-0.2, 0) is 20.8 Å². The number of nitrogens with zero attached hydrogens (tertiary/aromatic N) is 1. The molecule has 0 spiro atoms. The number of carbonyl (C=O) groups is 1. The van der Waals surface area contributed by atoms with Gasteiger partial charge in [0.05, 0.1) is 18.6 Å². The van der Waals surface area contributed by atoms with Crippen LogP contribution in [0, 0.1) is 12.3 Å². The molecule has 0 atom stereocenters. The number of morpholine rings is 1. The summed E-state index contributed by atoms with van der Waals surface area (Å²) in [5.74, 6) is 0.0480. The van der Waals surface area contributed by atoms with Crippen LogP contribution >= 0.6 is 0 Å². The van der Waals surface area contributed by atoms with Gasteiger partial charge in [-0.25, -0.2) is 0 Å². The Morgan fingerprint density at radius 2 is 1.88 bits per heavy atom. The summed E-state index contributed by atoms with van der Waals surface area (Å²) in [5.41, 5.74) is 9.00. The third-order valence-corrected chi connectivity index (χ3v) is 5.35. The highest BCUT2D eigenvalue weighted by molar-refractivity contribution is 5.83. The molecule has 0 aliphatic carbocycles. The number of amides is 1. The zero-order chi connectivity index (χ0) is 17.7. The molecule has 2 fully saturated rings. The van der Waals surface area contributed by atoms with Crippen molar-refractivity contribution in [3.05, 3.63) is 29.3 Å². The number of ether oxygens (including phenoxy) is 2. The highest BCUT2D eigenvalue weighted by Crippen LogP contribution is 2.30. The van der Waals surface area contributed by atoms with Gasteiger partial charge >= 0.3 is 0 Å². The topological polar surface area (TPSA) is 76.8 Å². The van der Waals surface area contributed by atoms with E-state index in [1.165, 1.54) is 11.3 Å². The maximum absolute atomic E-state index is 12.8. The van der Waals surface area contributed by atoms with Gasteiger partial charge in [0.1, 0.15) is 0 Å². The molecule has 1 aromatic carbocycles. The van der Waals surface area contributed by atoms with Crippen molar-refractivity contribution in [1.29, 1.82) is 0 Å². The molecule has 1 amide bonds. The van der Waals surface area contributed by atoms with Crippen LogP contribution < -0.4 is 16.0 Å². The van der Waals surface area contributed by atoms with E-state index < -0.39 is 5.41 Å². The third-order valence-electron chi connectivity index (χ3n) is 5.35. The molecule has 0 radical (unpaired) electrons. The summed E-state index contributed by atoms with van der Waals surface area (Å²) in [6.07, 6.45) is 1.39. The Morgan fingerprint density at radius 1 is 1.20 bits per heavy atom. The predicted molar refractivity (Wildman–Crippen MR) is 97.6 cm³/mol. The van der Waals surface area contributed by atoms with Crippen LogP contribution in [0.15, 0.2) is 18.2 Å². The number of hydrogen-bond acceptors (Lipinski definition) is 5. The molecule has 138 valence electrons. The first-order chi connectivity index (χ1) is 12.1. The molecule has 0 saturated carbocycles. The van der Waals surface area contributed by atoms with E-state index in [2.05, 4.69) is 35.3 Å². The molecule has 3 N–H and O–H groups in total. The molecule has 2 heterocycles. The molecular weight excluding hydrogens is 318 g/mol. The number of rotatable bonds is 5. The Labute approximate surface area is 149 Å². The SMILES string of the molecule is Cc1ccc(CNC(=O)C2(CN)CCOCC2)c(N2CCOCC2)c1. The Hall–Kier alpha value is -1.63. The molecule has 6 heteroatoms. The van der Waals surface area contributed by atoms with Crippen molar-refractivity contribution in [2.45, 2.75) is 26.3 Å². The van der Waals surface area contributed by atoms with E-state index in [9.17, 15) is 4.79 Å². The minimum atomic E-state index is -0.484. The van der Waals surface area contributed by atoms with Crippen molar-refractivity contribution in [2.75, 3.05) is 51.0 Å². The molecule has 2 saturated heterocycles. The van der Waals surface area contributed by atoms with Crippen molar-refractivity contribution in [3.8, 4) is 0 Å². The standard InChI is InChI=1S/C19H29N3O3/c1-15-2-3-16(17(12-15)22-6-10-25-11-7-22)13-21-18(23)19(14-20)4-8-24-9-5-19/h2-3,12H,4-11,13-14,20H2,1H3,(H,21,23). The fourth-order valence-electron chi connectivity index (χ4n) is 3.57. The lowest BCUT2D eigenvalue weighted by Gasteiger charge is -2.35. The summed E-state index contributed by atoms with van der Waals surface area (Å²) in [5, 5.41) is 3.13. The lowest BCUT2D eigenvalue weighted by atomic mass is 9.79. The quantitative estimate of drug-likeness (QED) is 0.837. The van der Waals surface area contributed by atoms with Gasteiger partial charge in [-0.1, -0.05) is 12.1 Å². The first-order valence-electron chi connectivity index (χ1n) is 9.13. The number of carbonyl (C=O) groups excluding carboxylic acids is 1. The van der Waals surface area contributed by atoms with Crippen LogP contribution in [0.3, 0.4) is 0 Å². The smallest absolute Gasteiger partial charge is 0.227 e. The van der Waals surface area contributed by atoms with Gasteiger partial charge in [0, 0.05) is 45.1 Å². The molecule has 25 heavy (non-hydrogen) atoms. The highest BCUT2D eigenvalue weighted by atomic mass is 16.5. The summed E-state index contributed by atoms with van der Waals surface area (Å²) < 4.78 is 10.9. The van der Waals surface area contributed by atoms with Crippen molar-refractivity contribution >= 4 is 11.6 Å². The van der Waals surface area contributed by atoms with Crippen LogP contribution in [0.25, 0.3) is 0 Å². The maximum Gasteiger partial charge on any atom is 0.227 e. The van der Waals surface area contributed by atoms with Crippen molar-refractivity contribution in [2.24, 2.45) is 11.1 Å². The summed E-state index contributed by atoms with van der Waals surface area (Å²) in [6, 6.07) is 6.40. The normalized spacial score (nSPS) is 20.3. The largest absolute Gasteiger partial charge is 0.381 e. The van der Waals surface area contributed by atoms with Gasteiger partial charge in [-0.15, -0.1) is 0 Å². The summed E-state index contributed by atoms with van der Waals surface area (Å²) in [4.78, 5) is 15.1. The molecule has 0 bridgehead atoms. The number of benzene rings is 1. The van der Waals surface area contributed by atoms with E-state index in [1.807, 2.05) is 0 Å². The van der Waals surface area contributed by atoms with E-state index in [0.29, 0.717) is 39.1 Å². The Morgan fingerprint density at radius 3 is 2.56 bits per heavy atom. The molecule has 0 aromatic heterocycles. The van der Waals surface area contributed by atoms with Crippen molar-refractivity contribution < 1.29 is 14.3 Å². The monoisotopic (exact) mass is 347 g/mol. The number of nitrogens with one attached hydrogen (secondary N) is 1. The van der Waals surface area contributed by atoms with E-state index in [1.54, 1.807) is 0 Å². The first-order valence-corrected chi connectivity index (χ1v) is 9.13. The zero-order valence-electron chi connectivity index (χ0n) is 15.1. The van der Waals surface area contributed by atoms with Gasteiger partial charge in [-0.3, -0.25) is 4.79 Å². The zero-order valence-corrected chi connectivity index (χ0v) is 15.1. The van der Waals surface area contributed by atoms with Crippen LogP contribution in [0.4, 0.5) is 5.69 Å². The number of nitrogens with two attached hydrogens (primary N) is 1. The molecule has 2 aliphatic heterocycles. The van der Waals surface area contributed by atoms with Gasteiger partial charge < -0.3 is 25.4 Å². The van der Waals surface area contributed by atoms with Crippen molar-refractivity contribution in [1.82, 2.24) is 5.32 Å². The number of hydrogen-bond donors (Lipinski definition) is 2. The second kappa shape index (κ2) is 8.17. The second-order valence-electron chi connectivity index (χ2n) is 7.01. The Balaban J connectivity index is 1.71. The van der Waals surface area contributed by atoms with Gasteiger partial charge in [0.25, 0.3) is 0 Å². The van der Waals surface area contributed by atoms with Gasteiger partial charge in [0.15, 0.2) is 0 Å². The molecule has 3 rings (SSSR count). The number of aryl methyl sites for hydroxylation is 1. The average molecular weight is 347 g/mol. The first kappa shape index (κ1) is 18.2. The van der Waals surface area contributed by atoms with Gasteiger partial charge in [0.2, 0.25) is 5.91 Å². The minimum Gasteiger partial charge on any atom is -0.381 e. The summed E-state index contributed by atoms with van der Waals surface area (Å²) in [6.45, 7) is 7.45. The maximum atomic E-state index is 12.8. The van der Waals surface area contributed by atoms with Crippen LogP contribution in [0.5, 0.6) is 0 Å². The molecule has 2 aliphatic rings. The summed E-state index contributed by atoms with van der Waals surface area (Å²) >= 11 is 0. The number of anilines is 1. The lowest BCUT2D eigenvalue weighted by Crippen LogP contribution is -2.49. The minimum absolute atomic E-state index is 0.0480. The van der Waals surface area contributed by atoms with Crippen LogP contribution in [0.2, 0.25) is 0 Å². The predicted octanol–water partition coefficient (Wildman–Crippen LogP) is 1.20. The average Bonchev–Trinajstić information content (AvgIpc) is 2.68. The van der Waals surface area contributed by atoms with E-state index in [-0.39, 0.29) is 5.91 Å². The second-order valence-corrected chi connectivity index (χ2v) is 7.01. The fraction of sp³-hybridized carbons (Fsp3) is 0.632. The Kier molecular flexibility index (Phi) is 5.93. The van der Waals surface area contributed by atoms with Gasteiger partial charge in [-0.2, -0.15) is 0 Å². The molecule has 1 aromatic rings. The van der Waals surface area contributed by atoms with Crippen molar-refractivity contribution in [3.63, 3.8) is 0 Å². The van der Waals surface area contributed by atoms with E-state index in [4.69, 9.17) is 15.2 Å². The van der Waals surface area contributed by atoms with E-state index >= 15 is 0 Å². The summed E-state index contributed by atoms with van der Waals surface area (Å²) in [7, 11) is 0. The fourth-order valence-corrected chi connectivity index (χ4v) is 3.57. The highest BCUT2D eigenvalue weighted by Gasteiger charge is 2.38. The molecule has 0 unspecified atom stereocenters. The molecular formula is C19H29N3O3. The molecule has 6 nitrogen and oxygen atoms in total. The van der Waals surface area contributed by atoms with Gasteiger partial charge in [-0.05, 0) is 37.0 Å². The third kappa shape index (κ3) is 4.14. The van der Waals surface area contributed by atoms with Crippen LogP contribution in [0.1, 0.15) is 24.0 Å². The Bertz CT molecular complexity index is 594.